The lowest BCUT2D eigenvalue weighted by atomic mass is 10.2. The molecule has 2 rings (SSSR count). The zero-order valence-corrected chi connectivity index (χ0v) is 9.86. The molecule has 0 bridgehead atoms. The van der Waals surface area contributed by atoms with E-state index in [2.05, 4.69) is 20.5 Å². The second kappa shape index (κ2) is 5.14. The Morgan fingerprint density at radius 2 is 2.20 bits per heavy atom. The van der Waals surface area contributed by atoms with E-state index >= 15 is 0 Å². The number of aromatic amines is 1. The number of amides is 1. The topological polar surface area (TPSA) is 157 Å². The number of nitrogens with one attached hydrogen (secondary N) is 2. The van der Waals surface area contributed by atoms with Crippen LogP contribution < -0.4 is 16.6 Å². The average molecular weight is 276 g/mol. The van der Waals surface area contributed by atoms with E-state index < -0.39 is 16.4 Å². The monoisotopic (exact) mass is 276 g/mol. The van der Waals surface area contributed by atoms with Crippen LogP contribution in [0.2, 0.25) is 0 Å². The van der Waals surface area contributed by atoms with Crippen LogP contribution in [0.4, 0.5) is 17.3 Å². The lowest BCUT2D eigenvalue weighted by Crippen LogP contribution is -2.17. The molecule has 0 radical (unpaired) electrons. The number of hydrogen-bond donors (Lipinski definition) is 3. The third-order valence-electron chi connectivity index (χ3n) is 2.28. The van der Waals surface area contributed by atoms with Crippen molar-refractivity contribution in [3.05, 3.63) is 50.4 Å². The maximum absolute atomic E-state index is 11.9. The molecule has 2 aromatic heterocycles. The molecule has 0 fully saturated rings. The number of nitrogens with zero attached hydrogens (tertiary/aromatic N) is 3. The minimum Gasteiger partial charge on any atom is -0.383 e. The number of nitrogens with two attached hydrogens (primary N) is 1. The summed E-state index contributed by atoms with van der Waals surface area (Å²) in [5, 5.41) is 18.6. The molecule has 0 aliphatic heterocycles. The Balaban J connectivity index is 2.28. The van der Waals surface area contributed by atoms with Crippen LogP contribution in [0.5, 0.6) is 0 Å². The molecule has 0 aromatic carbocycles. The highest BCUT2D eigenvalue weighted by atomic mass is 16.6. The molecule has 0 saturated carbocycles. The second-order valence-electron chi connectivity index (χ2n) is 3.64. The first-order valence-corrected chi connectivity index (χ1v) is 5.24. The standard InChI is InChI=1S/C10H8N6O4/c11-9-6(3-5(4-12-9)16(19)20)10(18)13-7-1-2-8(17)15-14-7/h1-4H,(H2,11,12)(H,15,17)(H,13,14,18). The summed E-state index contributed by atoms with van der Waals surface area (Å²) in [7, 11) is 0. The van der Waals surface area contributed by atoms with Crippen molar-refractivity contribution < 1.29 is 9.72 Å². The van der Waals surface area contributed by atoms with Gasteiger partial charge < -0.3 is 11.1 Å². The normalized spacial score (nSPS) is 10.0. The van der Waals surface area contributed by atoms with Gasteiger partial charge in [-0.1, -0.05) is 0 Å². The average Bonchev–Trinajstić information content (AvgIpc) is 2.41. The van der Waals surface area contributed by atoms with Gasteiger partial charge in [0.15, 0.2) is 5.82 Å². The summed E-state index contributed by atoms with van der Waals surface area (Å²) in [5.41, 5.74) is 4.54. The van der Waals surface area contributed by atoms with Crippen LogP contribution in [0, 0.1) is 10.1 Å². The van der Waals surface area contributed by atoms with Gasteiger partial charge in [0.05, 0.1) is 10.5 Å². The van der Waals surface area contributed by atoms with E-state index in [1.165, 1.54) is 6.07 Å². The number of pyridine rings is 1. The lowest BCUT2D eigenvalue weighted by Gasteiger charge is -2.05. The van der Waals surface area contributed by atoms with E-state index in [1.54, 1.807) is 0 Å². The van der Waals surface area contributed by atoms with E-state index in [0.717, 1.165) is 18.3 Å². The van der Waals surface area contributed by atoms with Crippen molar-refractivity contribution in [2.45, 2.75) is 0 Å². The summed E-state index contributed by atoms with van der Waals surface area (Å²) in [6, 6.07) is 3.44. The first kappa shape index (κ1) is 13.1. The van der Waals surface area contributed by atoms with E-state index in [4.69, 9.17) is 5.73 Å². The van der Waals surface area contributed by atoms with Gasteiger partial charge in [-0.3, -0.25) is 19.7 Å². The van der Waals surface area contributed by atoms with Crippen LogP contribution in [0.15, 0.2) is 29.2 Å². The SMILES string of the molecule is Nc1ncc([N+](=O)[O-])cc1C(=O)Nc1ccc(=O)[nH]n1. The molecule has 0 saturated heterocycles. The Bertz CT molecular complexity index is 720. The number of carbonyl (C=O) groups excluding carboxylic acids is 1. The predicted octanol–water partition coefficient (Wildman–Crippen LogP) is -0.0924. The van der Waals surface area contributed by atoms with Crippen LogP contribution in [-0.4, -0.2) is 26.0 Å². The minimum absolute atomic E-state index is 0.0699. The molecular weight excluding hydrogens is 268 g/mol. The number of nitrogen functional groups attached to an aromatic ring is 1. The van der Waals surface area contributed by atoms with E-state index in [-0.39, 0.29) is 22.9 Å². The van der Waals surface area contributed by atoms with Crippen LogP contribution in [0.1, 0.15) is 10.4 Å². The highest BCUT2D eigenvalue weighted by Gasteiger charge is 2.17. The van der Waals surface area contributed by atoms with Gasteiger partial charge in [0.2, 0.25) is 0 Å². The van der Waals surface area contributed by atoms with Crippen LogP contribution in [0.25, 0.3) is 0 Å². The van der Waals surface area contributed by atoms with E-state index in [9.17, 15) is 19.7 Å². The van der Waals surface area contributed by atoms with Crippen LogP contribution in [-0.2, 0) is 0 Å². The molecule has 2 aromatic rings. The molecule has 4 N–H and O–H groups in total. The predicted molar refractivity (Wildman–Crippen MR) is 68.1 cm³/mol. The van der Waals surface area contributed by atoms with Gasteiger partial charge in [0, 0.05) is 12.1 Å². The first-order valence-electron chi connectivity index (χ1n) is 5.24. The van der Waals surface area contributed by atoms with Gasteiger partial charge >= 0.3 is 0 Å². The Morgan fingerprint density at radius 1 is 1.45 bits per heavy atom. The number of rotatable bonds is 3. The number of anilines is 2. The van der Waals surface area contributed by atoms with E-state index in [0.29, 0.717) is 0 Å². The Morgan fingerprint density at radius 3 is 2.80 bits per heavy atom. The Hall–Kier alpha value is -3.30. The number of hydrogen-bond acceptors (Lipinski definition) is 7. The van der Waals surface area contributed by atoms with Crippen LogP contribution in [0.3, 0.4) is 0 Å². The molecule has 102 valence electrons. The smallest absolute Gasteiger partial charge is 0.288 e. The Kier molecular flexibility index (Phi) is 3.37. The van der Waals surface area contributed by atoms with Gasteiger partial charge in [-0.25, -0.2) is 10.1 Å². The van der Waals surface area contributed by atoms with Crippen molar-refractivity contribution >= 4 is 23.2 Å². The van der Waals surface area contributed by atoms with Crippen molar-refractivity contribution in [3.8, 4) is 0 Å². The molecule has 0 aliphatic rings. The van der Waals surface area contributed by atoms with Crippen molar-refractivity contribution in [2.24, 2.45) is 0 Å². The summed E-state index contributed by atoms with van der Waals surface area (Å²) in [6.45, 7) is 0. The van der Waals surface area contributed by atoms with Crippen LogP contribution >= 0.6 is 0 Å². The highest BCUT2D eigenvalue weighted by Crippen LogP contribution is 2.17. The number of H-pyrrole nitrogens is 1. The highest BCUT2D eigenvalue weighted by molar-refractivity contribution is 6.07. The van der Waals surface area contributed by atoms with Gasteiger partial charge in [-0.2, -0.15) is 5.10 Å². The van der Waals surface area contributed by atoms with E-state index in [1.807, 2.05) is 0 Å². The zero-order chi connectivity index (χ0) is 14.7. The maximum atomic E-state index is 11.9. The minimum atomic E-state index is -0.724. The third kappa shape index (κ3) is 2.75. The molecule has 0 spiro atoms. The summed E-state index contributed by atoms with van der Waals surface area (Å²) >= 11 is 0. The summed E-state index contributed by atoms with van der Waals surface area (Å²) in [4.78, 5) is 36.2. The second-order valence-corrected chi connectivity index (χ2v) is 3.64. The van der Waals surface area contributed by atoms with Gasteiger partial charge in [-0.15, -0.1) is 0 Å². The molecule has 1 amide bonds. The van der Waals surface area contributed by atoms with Crippen molar-refractivity contribution in [1.82, 2.24) is 15.2 Å². The Labute approximate surface area is 110 Å². The molecule has 0 atom stereocenters. The van der Waals surface area contributed by atoms with Crippen molar-refractivity contribution in [3.63, 3.8) is 0 Å². The van der Waals surface area contributed by atoms with Gasteiger partial charge in [0.1, 0.15) is 12.0 Å². The molecule has 10 heteroatoms. The molecule has 10 nitrogen and oxygen atoms in total. The molecule has 0 unspecified atom stereocenters. The fourth-order valence-electron chi connectivity index (χ4n) is 1.34. The van der Waals surface area contributed by atoms with Gasteiger partial charge in [-0.05, 0) is 6.07 Å². The number of carbonyl (C=O) groups is 1. The fourth-order valence-corrected chi connectivity index (χ4v) is 1.34. The molecule has 20 heavy (non-hydrogen) atoms. The number of aromatic nitrogens is 3. The van der Waals surface area contributed by atoms with Crippen molar-refractivity contribution in [1.29, 1.82) is 0 Å². The lowest BCUT2D eigenvalue weighted by molar-refractivity contribution is -0.385. The zero-order valence-electron chi connectivity index (χ0n) is 9.86. The number of nitro groups is 1. The third-order valence-corrected chi connectivity index (χ3v) is 2.28. The molecular formula is C10H8N6O4. The van der Waals surface area contributed by atoms with Gasteiger partial charge in [0.25, 0.3) is 17.2 Å². The first-order chi connectivity index (χ1) is 9.47. The molecule has 0 aliphatic carbocycles. The summed E-state index contributed by atoms with van der Waals surface area (Å²) in [5.74, 6) is -0.809. The molecule has 2 heterocycles. The maximum Gasteiger partial charge on any atom is 0.288 e. The fraction of sp³-hybridized carbons (Fsp3) is 0. The largest absolute Gasteiger partial charge is 0.383 e. The quantitative estimate of drug-likeness (QED) is 0.522. The summed E-state index contributed by atoms with van der Waals surface area (Å²) < 4.78 is 0. The summed E-state index contributed by atoms with van der Waals surface area (Å²) in [6.07, 6.45) is 0.949. The van der Waals surface area contributed by atoms with Crippen molar-refractivity contribution in [2.75, 3.05) is 11.1 Å².